The van der Waals surface area contributed by atoms with Gasteiger partial charge in [0.1, 0.15) is 0 Å². The quantitative estimate of drug-likeness (QED) is 0.756. The Morgan fingerprint density at radius 2 is 1.96 bits per heavy atom. The van der Waals surface area contributed by atoms with Crippen molar-refractivity contribution in [1.82, 2.24) is 25.3 Å². The van der Waals surface area contributed by atoms with Gasteiger partial charge in [-0.1, -0.05) is 5.21 Å². The van der Waals surface area contributed by atoms with E-state index in [9.17, 15) is 13.2 Å². The average Bonchev–Trinajstić information content (AvgIpc) is 3.05. The topological polar surface area (TPSA) is 119 Å². The maximum absolute atomic E-state index is 12.2. The van der Waals surface area contributed by atoms with Crippen molar-refractivity contribution in [2.24, 2.45) is 0 Å². The maximum atomic E-state index is 12.2. The summed E-state index contributed by atoms with van der Waals surface area (Å²) in [6.07, 6.45) is 5.89. The Balaban J connectivity index is 0.00000169. The third-order valence-corrected chi connectivity index (χ3v) is 4.80. The van der Waals surface area contributed by atoms with Gasteiger partial charge < -0.3 is 10.6 Å². The first-order valence-electron chi connectivity index (χ1n) is 7.53. The van der Waals surface area contributed by atoms with E-state index in [4.69, 9.17) is 0 Å². The number of nitrogens with one attached hydrogen (secondary N) is 2. The fourth-order valence-corrected chi connectivity index (χ4v) is 3.06. The van der Waals surface area contributed by atoms with Crippen molar-refractivity contribution in [3.63, 3.8) is 0 Å². The molecule has 0 bridgehead atoms. The number of sulfone groups is 1. The van der Waals surface area contributed by atoms with Gasteiger partial charge in [-0.3, -0.25) is 4.79 Å². The van der Waals surface area contributed by atoms with Gasteiger partial charge in [0.05, 0.1) is 24.1 Å². The van der Waals surface area contributed by atoms with Crippen molar-refractivity contribution in [2.45, 2.75) is 23.9 Å². The number of halogens is 2. The zero-order chi connectivity index (χ0) is 17.2. The van der Waals surface area contributed by atoms with Gasteiger partial charge in [0.15, 0.2) is 20.6 Å². The van der Waals surface area contributed by atoms with Gasteiger partial charge in [0.2, 0.25) is 0 Å². The van der Waals surface area contributed by atoms with Crippen LogP contribution in [0.25, 0.3) is 0 Å². The van der Waals surface area contributed by atoms with Crippen LogP contribution in [0.1, 0.15) is 29.4 Å². The molecule has 0 saturated carbocycles. The molecule has 12 heteroatoms. The van der Waals surface area contributed by atoms with E-state index in [1.807, 2.05) is 0 Å². The second-order valence-corrected chi connectivity index (χ2v) is 7.64. The van der Waals surface area contributed by atoms with Crippen LogP contribution in [0.15, 0.2) is 29.6 Å². The van der Waals surface area contributed by atoms with E-state index < -0.39 is 15.7 Å². The SMILES string of the molecule is CS(=O)(=O)c1ccc(NC(=O)c2cn(C3CCNCC3)nn2)cn1.Cl.Cl. The summed E-state index contributed by atoms with van der Waals surface area (Å²) in [5, 5.41) is 13.8. The summed E-state index contributed by atoms with van der Waals surface area (Å²) in [6, 6.07) is 3.08. The van der Waals surface area contributed by atoms with Gasteiger partial charge in [-0.2, -0.15) is 0 Å². The Morgan fingerprint density at radius 3 is 2.54 bits per heavy atom. The van der Waals surface area contributed by atoms with Crippen molar-refractivity contribution in [1.29, 1.82) is 0 Å². The summed E-state index contributed by atoms with van der Waals surface area (Å²) in [7, 11) is -3.36. The van der Waals surface area contributed by atoms with E-state index in [1.54, 1.807) is 10.9 Å². The minimum absolute atomic E-state index is 0. The number of hydrogen-bond acceptors (Lipinski definition) is 7. The fourth-order valence-electron chi connectivity index (χ4n) is 2.50. The van der Waals surface area contributed by atoms with Gasteiger partial charge in [0.25, 0.3) is 5.91 Å². The lowest BCUT2D eigenvalue weighted by molar-refractivity contribution is 0.102. The lowest BCUT2D eigenvalue weighted by atomic mass is 10.1. The molecule has 3 rings (SSSR count). The molecule has 1 aliphatic heterocycles. The van der Waals surface area contributed by atoms with Gasteiger partial charge >= 0.3 is 0 Å². The van der Waals surface area contributed by atoms with Crippen LogP contribution >= 0.6 is 24.8 Å². The van der Waals surface area contributed by atoms with Crippen LogP contribution in [-0.2, 0) is 9.84 Å². The van der Waals surface area contributed by atoms with Crippen molar-refractivity contribution in [3.05, 3.63) is 30.2 Å². The normalized spacial score (nSPS) is 14.8. The number of anilines is 1. The highest BCUT2D eigenvalue weighted by atomic mass is 35.5. The number of carbonyl (C=O) groups is 1. The zero-order valence-electron chi connectivity index (χ0n) is 14.0. The predicted molar refractivity (Wildman–Crippen MR) is 101 cm³/mol. The first kappa shape index (κ1) is 22.3. The molecule has 2 N–H and O–H groups in total. The summed E-state index contributed by atoms with van der Waals surface area (Å²) in [4.78, 5) is 16.0. The Hall–Kier alpha value is -1.75. The highest BCUT2D eigenvalue weighted by Gasteiger charge is 2.19. The number of amides is 1. The number of nitrogens with zero attached hydrogens (tertiary/aromatic N) is 4. The minimum Gasteiger partial charge on any atom is -0.319 e. The molecular weight excluding hydrogens is 403 g/mol. The molecule has 0 radical (unpaired) electrons. The third-order valence-electron chi connectivity index (χ3n) is 3.80. The lowest BCUT2D eigenvalue weighted by Gasteiger charge is -2.22. The number of piperidine rings is 1. The third kappa shape index (κ3) is 5.37. The Morgan fingerprint density at radius 1 is 1.27 bits per heavy atom. The van der Waals surface area contributed by atoms with Crippen molar-refractivity contribution < 1.29 is 13.2 Å². The molecule has 9 nitrogen and oxygen atoms in total. The van der Waals surface area contributed by atoms with Gasteiger partial charge in [-0.25, -0.2) is 18.1 Å². The second-order valence-electron chi connectivity index (χ2n) is 5.68. The molecule has 144 valence electrons. The van der Waals surface area contributed by atoms with Crippen molar-refractivity contribution >= 4 is 46.2 Å². The summed E-state index contributed by atoms with van der Waals surface area (Å²) in [6.45, 7) is 1.84. The highest BCUT2D eigenvalue weighted by Crippen LogP contribution is 2.17. The summed E-state index contributed by atoms with van der Waals surface area (Å²) in [5.74, 6) is -0.413. The predicted octanol–water partition coefficient (Wildman–Crippen LogP) is 1.10. The molecular formula is C14H20Cl2N6O3S. The van der Waals surface area contributed by atoms with E-state index in [0.29, 0.717) is 5.69 Å². The highest BCUT2D eigenvalue weighted by molar-refractivity contribution is 7.90. The van der Waals surface area contributed by atoms with E-state index in [-0.39, 0.29) is 41.6 Å². The number of carbonyl (C=O) groups excluding carboxylic acids is 1. The minimum atomic E-state index is -3.36. The largest absolute Gasteiger partial charge is 0.319 e. The number of aromatic nitrogens is 4. The standard InChI is InChI=1S/C14H18N6O3S.2ClH/c1-24(22,23)13-3-2-10(8-16-13)17-14(21)12-9-20(19-18-12)11-4-6-15-7-5-11;;/h2-3,8-9,11,15H,4-7H2,1H3,(H,17,21);2*1H. The maximum Gasteiger partial charge on any atom is 0.277 e. The summed E-state index contributed by atoms with van der Waals surface area (Å²) >= 11 is 0. The fraction of sp³-hybridized carbons (Fsp3) is 0.429. The molecule has 26 heavy (non-hydrogen) atoms. The van der Waals surface area contributed by atoms with Crippen LogP contribution in [0.5, 0.6) is 0 Å². The molecule has 0 spiro atoms. The lowest BCUT2D eigenvalue weighted by Crippen LogP contribution is -2.29. The van der Waals surface area contributed by atoms with Crippen LogP contribution in [-0.4, -0.2) is 53.6 Å². The molecule has 2 aromatic heterocycles. The van der Waals surface area contributed by atoms with Crippen LogP contribution in [0.3, 0.4) is 0 Å². The van der Waals surface area contributed by atoms with Crippen LogP contribution in [0.2, 0.25) is 0 Å². The number of hydrogen-bond donors (Lipinski definition) is 2. The number of pyridine rings is 1. The van der Waals surface area contributed by atoms with Crippen LogP contribution < -0.4 is 10.6 Å². The average molecular weight is 423 g/mol. The van der Waals surface area contributed by atoms with Gasteiger partial charge in [-0.15, -0.1) is 29.9 Å². The molecule has 0 aromatic carbocycles. The van der Waals surface area contributed by atoms with E-state index in [2.05, 4.69) is 25.9 Å². The van der Waals surface area contributed by atoms with Gasteiger partial charge in [-0.05, 0) is 38.1 Å². The molecule has 1 aliphatic rings. The summed E-state index contributed by atoms with van der Waals surface area (Å²) < 4.78 is 24.5. The molecule has 0 atom stereocenters. The van der Waals surface area contributed by atoms with Crippen molar-refractivity contribution in [2.75, 3.05) is 24.7 Å². The zero-order valence-corrected chi connectivity index (χ0v) is 16.4. The Kier molecular flexibility index (Phi) is 7.94. The molecule has 3 heterocycles. The van der Waals surface area contributed by atoms with Gasteiger partial charge in [0, 0.05) is 6.26 Å². The molecule has 1 fully saturated rings. The Bertz CT molecular complexity index is 835. The van der Waals surface area contributed by atoms with Crippen molar-refractivity contribution in [3.8, 4) is 0 Å². The molecule has 0 unspecified atom stereocenters. The van der Waals surface area contributed by atoms with E-state index in [0.717, 1.165) is 32.2 Å². The van der Waals surface area contributed by atoms with Crippen LogP contribution in [0, 0.1) is 0 Å². The molecule has 2 aromatic rings. The van der Waals surface area contributed by atoms with E-state index >= 15 is 0 Å². The first-order chi connectivity index (χ1) is 11.4. The summed E-state index contributed by atoms with van der Waals surface area (Å²) in [5.41, 5.74) is 0.601. The van der Waals surface area contributed by atoms with E-state index in [1.165, 1.54) is 18.3 Å². The number of rotatable bonds is 4. The smallest absolute Gasteiger partial charge is 0.277 e. The molecule has 1 saturated heterocycles. The molecule has 0 aliphatic carbocycles. The first-order valence-corrected chi connectivity index (χ1v) is 9.42. The van der Waals surface area contributed by atoms with Crippen LogP contribution in [0.4, 0.5) is 5.69 Å². The monoisotopic (exact) mass is 422 g/mol. The molecule has 1 amide bonds. The Labute approximate surface area is 163 Å². The second kappa shape index (κ2) is 9.26.